The van der Waals surface area contributed by atoms with E-state index in [4.69, 9.17) is 14.2 Å². The zero-order valence-electron chi connectivity index (χ0n) is 16.4. The van der Waals surface area contributed by atoms with Crippen molar-refractivity contribution in [2.45, 2.75) is 19.1 Å². The van der Waals surface area contributed by atoms with E-state index in [1.807, 2.05) is 43.3 Å². The number of hydrogen-bond donors (Lipinski definition) is 1. The predicted molar refractivity (Wildman–Crippen MR) is 109 cm³/mol. The number of nitrogens with zero attached hydrogens (tertiary/aromatic N) is 2. The summed E-state index contributed by atoms with van der Waals surface area (Å²) < 4.78 is 16.9. The molecule has 4 rings (SSSR count). The minimum Gasteiger partial charge on any atom is -0.485 e. The van der Waals surface area contributed by atoms with Crippen molar-refractivity contribution in [3.05, 3.63) is 60.2 Å². The first-order valence-corrected chi connectivity index (χ1v) is 9.81. The largest absolute Gasteiger partial charge is 0.485 e. The molecule has 0 aliphatic carbocycles. The van der Waals surface area contributed by atoms with Crippen LogP contribution in [0.15, 0.2) is 59.7 Å². The molecule has 2 atom stereocenters. The average molecular weight is 395 g/mol. The lowest BCUT2D eigenvalue weighted by molar-refractivity contribution is -0.130. The number of ether oxygens (including phenoxy) is 3. The van der Waals surface area contributed by atoms with Gasteiger partial charge < -0.3 is 14.2 Å². The van der Waals surface area contributed by atoms with Gasteiger partial charge in [-0.25, -0.2) is 5.43 Å². The van der Waals surface area contributed by atoms with E-state index in [0.717, 1.165) is 24.4 Å². The molecule has 7 nitrogen and oxygen atoms in total. The lowest BCUT2D eigenvalue weighted by Gasteiger charge is -2.34. The average Bonchev–Trinajstić information content (AvgIpc) is 2.79. The highest BCUT2D eigenvalue weighted by molar-refractivity contribution is 5.90. The molecular formula is C22H25N3O4. The Kier molecular flexibility index (Phi) is 6.07. The molecule has 2 heterocycles. The molecule has 2 aliphatic rings. The predicted octanol–water partition coefficient (Wildman–Crippen LogP) is 2.39. The number of hydrazone groups is 1. The number of carbonyl (C=O) groups excluding carboxylic acids is 1. The summed E-state index contributed by atoms with van der Waals surface area (Å²) in [7, 11) is 0. The van der Waals surface area contributed by atoms with E-state index in [1.54, 1.807) is 6.07 Å². The summed E-state index contributed by atoms with van der Waals surface area (Å²) in [5, 5.41) is 4.41. The molecule has 7 heteroatoms. The fourth-order valence-electron chi connectivity index (χ4n) is 3.61. The topological polar surface area (TPSA) is 72.4 Å². The van der Waals surface area contributed by atoms with E-state index in [0.29, 0.717) is 24.7 Å². The molecular weight excluding hydrogens is 370 g/mol. The maximum absolute atomic E-state index is 12.6. The Balaban J connectivity index is 1.46. The van der Waals surface area contributed by atoms with E-state index in [2.05, 4.69) is 27.6 Å². The third-order valence-corrected chi connectivity index (χ3v) is 5.07. The molecule has 1 saturated heterocycles. The summed E-state index contributed by atoms with van der Waals surface area (Å²) in [6.45, 7) is 5.10. The standard InChI is InChI=1S/C22H25N3O4/c1-16(21(17-7-3-2-4-8-17)25-11-13-27-14-12-25)23-24-22(26)20-15-28-18-9-5-6-10-19(18)29-20/h2-10,20-21H,11-15H2,1H3,(H,24,26)/b23-16-/t20-,21-/m1/s1. The minimum atomic E-state index is -0.736. The lowest BCUT2D eigenvalue weighted by Crippen LogP contribution is -2.44. The normalized spacial score (nSPS) is 20.7. The van der Waals surface area contributed by atoms with Crippen LogP contribution >= 0.6 is 0 Å². The van der Waals surface area contributed by atoms with E-state index >= 15 is 0 Å². The van der Waals surface area contributed by atoms with Crippen molar-refractivity contribution in [1.82, 2.24) is 10.3 Å². The van der Waals surface area contributed by atoms with Gasteiger partial charge in [-0.1, -0.05) is 42.5 Å². The second-order valence-electron chi connectivity index (χ2n) is 7.06. The van der Waals surface area contributed by atoms with E-state index in [9.17, 15) is 4.79 Å². The van der Waals surface area contributed by atoms with Crippen LogP contribution in [-0.4, -0.2) is 55.5 Å². The van der Waals surface area contributed by atoms with Crippen molar-refractivity contribution in [3.63, 3.8) is 0 Å². The smallest absolute Gasteiger partial charge is 0.284 e. The van der Waals surface area contributed by atoms with Crippen LogP contribution in [0.2, 0.25) is 0 Å². The SMILES string of the molecule is C/C(=N/NC(=O)[C@H]1COc2ccccc2O1)[C@H](c1ccccc1)N1CCOCC1. The third-order valence-electron chi connectivity index (χ3n) is 5.07. The molecule has 0 unspecified atom stereocenters. The number of carbonyl (C=O) groups is 1. The van der Waals surface area contributed by atoms with Crippen LogP contribution in [0.4, 0.5) is 0 Å². The third kappa shape index (κ3) is 4.58. The number of fused-ring (bicyclic) bond motifs is 1. The zero-order valence-corrected chi connectivity index (χ0v) is 16.4. The molecule has 2 aromatic carbocycles. The Morgan fingerprint density at radius 3 is 2.52 bits per heavy atom. The number of amides is 1. The van der Waals surface area contributed by atoms with Crippen molar-refractivity contribution in [2.24, 2.45) is 5.10 Å². The van der Waals surface area contributed by atoms with Crippen LogP contribution in [-0.2, 0) is 9.53 Å². The Bertz CT molecular complexity index is 865. The van der Waals surface area contributed by atoms with Crippen LogP contribution < -0.4 is 14.9 Å². The van der Waals surface area contributed by atoms with Gasteiger partial charge in [0.15, 0.2) is 11.5 Å². The Morgan fingerprint density at radius 1 is 1.07 bits per heavy atom. The van der Waals surface area contributed by atoms with Gasteiger partial charge >= 0.3 is 0 Å². The molecule has 152 valence electrons. The van der Waals surface area contributed by atoms with E-state index in [-0.39, 0.29) is 18.6 Å². The molecule has 0 aromatic heterocycles. The highest BCUT2D eigenvalue weighted by atomic mass is 16.6. The van der Waals surface area contributed by atoms with Gasteiger partial charge in [-0.3, -0.25) is 9.69 Å². The second-order valence-corrected chi connectivity index (χ2v) is 7.06. The van der Waals surface area contributed by atoms with Crippen molar-refractivity contribution >= 4 is 11.6 Å². The van der Waals surface area contributed by atoms with Gasteiger partial charge in [0.25, 0.3) is 5.91 Å². The summed E-state index contributed by atoms with van der Waals surface area (Å²) in [6, 6.07) is 17.5. The molecule has 0 bridgehead atoms. The minimum absolute atomic E-state index is 0.0235. The quantitative estimate of drug-likeness (QED) is 0.622. The molecule has 2 aromatic rings. The van der Waals surface area contributed by atoms with Gasteiger partial charge in [0, 0.05) is 13.1 Å². The number of hydrogen-bond acceptors (Lipinski definition) is 6. The maximum Gasteiger partial charge on any atom is 0.284 e. The van der Waals surface area contributed by atoms with Gasteiger partial charge in [0.05, 0.1) is 25.0 Å². The monoisotopic (exact) mass is 395 g/mol. The van der Waals surface area contributed by atoms with Crippen molar-refractivity contribution in [3.8, 4) is 11.5 Å². The van der Waals surface area contributed by atoms with Crippen LogP contribution in [0.25, 0.3) is 0 Å². The molecule has 2 aliphatic heterocycles. The highest BCUT2D eigenvalue weighted by Crippen LogP contribution is 2.31. The summed E-state index contributed by atoms with van der Waals surface area (Å²) in [6.07, 6.45) is -0.736. The Morgan fingerprint density at radius 2 is 1.76 bits per heavy atom. The fourth-order valence-corrected chi connectivity index (χ4v) is 3.61. The summed E-state index contributed by atoms with van der Waals surface area (Å²) in [5.74, 6) is 0.885. The van der Waals surface area contributed by atoms with Crippen LogP contribution in [0, 0.1) is 0 Å². The number of benzene rings is 2. The Labute approximate surface area is 170 Å². The van der Waals surface area contributed by atoms with Gasteiger partial charge in [0.1, 0.15) is 6.61 Å². The maximum atomic E-state index is 12.6. The van der Waals surface area contributed by atoms with Gasteiger partial charge in [-0.05, 0) is 24.6 Å². The molecule has 0 saturated carbocycles. The first kappa shape index (κ1) is 19.4. The summed E-state index contributed by atoms with van der Waals surface area (Å²) >= 11 is 0. The van der Waals surface area contributed by atoms with Gasteiger partial charge in [0.2, 0.25) is 6.10 Å². The fraction of sp³-hybridized carbons (Fsp3) is 0.364. The molecule has 1 N–H and O–H groups in total. The Hall–Kier alpha value is -2.90. The van der Waals surface area contributed by atoms with Crippen molar-refractivity contribution < 1.29 is 19.0 Å². The second kappa shape index (κ2) is 9.07. The number of rotatable bonds is 5. The number of morpholine rings is 1. The van der Waals surface area contributed by atoms with Crippen LogP contribution in [0.5, 0.6) is 11.5 Å². The molecule has 0 spiro atoms. The van der Waals surface area contributed by atoms with Crippen LogP contribution in [0.3, 0.4) is 0 Å². The van der Waals surface area contributed by atoms with Crippen LogP contribution in [0.1, 0.15) is 18.5 Å². The van der Waals surface area contributed by atoms with Gasteiger partial charge in [-0.2, -0.15) is 5.10 Å². The molecule has 29 heavy (non-hydrogen) atoms. The first-order chi connectivity index (χ1) is 14.2. The zero-order chi connectivity index (χ0) is 20.1. The van der Waals surface area contributed by atoms with E-state index in [1.165, 1.54) is 0 Å². The summed E-state index contributed by atoms with van der Waals surface area (Å²) in [4.78, 5) is 14.9. The first-order valence-electron chi connectivity index (χ1n) is 9.81. The van der Waals surface area contributed by atoms with E-state index < -0.39 is 6.10 Å². The number of nitrogens with one attached hydrogen (secondary N) is 1. The van der Waals surface area contributed by atoms with Gasteiger partial charge in [-0.15, -0.1) is 0 Å². The van der Waals surface area contributed by atoms with Crippen molar-refractivity contribution in [1.29, 1.82) is 0 Å². The lowest BCUT2D eigenvalue weighted by atomic mass is 10.0. The summed E-state index contributed by atoms with van der Waals surface area (Å²) in [5.41, 5.74) is 4.60. The van der Waals surface area contributed by atoms with Crippen molar-refractivity contribution in [2.75, 3.05) is 32.9 Å². The highest BCUT2D eigenvalue weighted by Gasteiger charge is 2.28. The molecule has 0 radical (unpaired) electrons. The molecule has 1 amide bonds. The number of para-hydroxylation sites is 2. The molecule has 1 fully saturated rings.